The maximum absolute atomic E-state index is 8.40. The van der Waals surface area contributed by atoms with Crippen molar-refractivity contribution in [2.24, 2.45) is 0 Å². The second-order valence-corrected chi connectivity index (χ2v) is 2.36. The van der Waals surface area contributed by atoms with Gasteiger partial charge < -0.3 is 0 Å². The number of tetrazole rings is 1. The normalized spacial score (nSPS) is 7.87. The maximum atomic E-state index is 8.40. The molecule has 0 aliphatic carbocycles. The average Bonchev–Trinajstić information content (AvgIpc) is 2.88. The summed E-state index contributed by atoms with van der Waals surface area (Å²) in [5, 5.41) is 29.0. The van der Waals surface area contributed by atoms with Crippen molar-refractivity contribution in [3.63, 3.8) is 0 Å². The molecule has 2 rings (SSSR count). The fourth-order valence-electron chi connectivity index (χ4n) is 0.787. The van der Waals surface area contributed by atoms with Crippen LogP contribution in [0.5, 0.6) is 0 Å². The highest BCUT2D eigenvalue weighted by atomic mass is 15.5. The first-order chi connectivity index (χ1) is 7.36. The van der Waals surface area contributed by atoms with Crippen molar-refractivity contribution in [1.29, 1.82) is 10.5 Å². The second kappa shape index (κ2) is 5.84. The van der Waals surface area contributed by atoms with Crippen LogP contribution in [-0.2, 0) is 0 Å². The molecule has 0 atom stereocenters. The van der Waals surface area contributed by atoms with Gasteiger partial charge in [-0.3, -0.25) is 0 Å². The first-order valence-electron chi connectivity index (χ1n) is 3.93. The van der Waals surface area contributed by atoms with Gasteiger partial charge in [0.1, 0.15) is 0 Å². The topological polar surface area (TPSA) is 102 Å². The lowest BCUT2D eigenvalue weighted by molar-refractivity contribution is 0.881. The van der Waals surface area contributed by atoms with Crippen LogP contribution in [0, 0.1) is 22.7 Å². The molecule has 6 heteroatoms. The third-order valence-corrected chi connectivity index (χ3v) is 1.39. The highest BCUT2D eigenvalue weighted by molar-refractivity contribution is 5.38. The molecule has 0 amide bonds. The molecule has 0 unspecified atom stereocenters. The van der Waals surface area contributed by atoms with Crippen LogP contribution in [0.1, 0.15) is 11.1 Å². The number of nitriles is 2. The lowest BCUT2D eigenvalue weighted by Gasteiger charge is -1.86. The van der Waals surface area contributed by atoms with Gasteiger partial charge in [-0.1, -0.05) is 11.3 Å². The highest BCUT2D eigenvalue weighted by Crippen LogP contribution is 2.01. The van der Waals surface area contributed by atoms with Crippen molar-refractivity contribution >= 4 is 0 Å². The summed E-state index contributed by atoms with van der Waals surface area (Å²) >= 11 is 0. The Morgan fingerprint density at radius 3 is 2.13 bits per heavy atom. The lowest BCUT2D eigenvalue weighted by Crippen LogP contribution is -1.75. The van der Waals surface area contributed by atoms with E-state index in [9.17, 15) is 0 Å². The summed E-state index contributed by atoms with van der Waals surface area (Å²) in [5.41, 5.74) is 1.05. The van der Waals surface area contributed by atoms with Crippen molar-refractivity contribution in [3.8, 4) is 12.1 Å². The van der Waals surface area contributed by atoms with E-state index in [1.165, 1.54) is 6.33 Å². The minimum Gasteiger partial charge on any atom is -0.192 e. The van der Waals surface area contributed by atoms with Crippen molar-refractivity contribution in [2.75, 3.05) is 0 Å². The zero-order valence-electron chi connectivity index (χ0n) is 7.62. The molecule has 2 aromatic rings. The number of hydrogen-bond acceptors (Lipinski definition) is 5. The number of nitrogens with one attached hydrogen (secondary N) is 1. The van der Waals surface area contributed by atoms with Gasteiger partial charge in [-0.05, 0) is 18.2 Å². The number of benzene rings is 1. The van der Waals surface area contributed by atoms with E-state index in [0.29, 0.717) is 11.1 Å². The molecule has 72 valence electrons. The fourth-order valence-corrected chi connectivity index (χ4v) is 0.787. The molecular formula is C9H6N6. The summed E-state index contributed by atoms with van der Waals surface area (Å²) in [7, 11) is 0. The molecule has 1 heterocycles. The summed E-state index contributed by atoms with van der Waals surface area (Å²) in [4.78, 5) is 0. The molecule has 1 N–H and O–H groups in total. The maximum Gasteiger partial charge on any atom is 0.161 e. The molecule has 0 saturated heterocycles. The summed E-state index contributed by atoms with van der Waals surface area (Å²) in [6, 6.07) is 10.5. The number of H-pyrrole nitrogens is 1. The minimum absolute atomic E-state index is 0.527. The van der Waals surface area contributed by atoms with E-state index < -0.39 is 0 Å². The van der Waals surface area contributed by atoms with Crippen molar-refractivity contribution in [1.82, 2.24) is 20.6 Å². The molecule has 6 nitrogen and oxygen atoms in total. The SMILES string of the molecule is N#Cc1cccc(C#N)c1.c1nn[nH]n1. The number of nitrogens with zero attached hydrogens (tertiary/aromatic N) is 5. The van der Waals surface area contributed by atoms with E-state index in [-0.39, 0.29) is 0 Å². The predicted octanol–water partition coefficient (Wildman–Crippen LogP) is 0.630. The van der Waals surface area contributed by atoms with Crippen LogP contribution >= 0.6 is 0 Å². The van der Waals surface area contributed by atoms with Gasteiger partial charge in [-0.15, -0.1) is 10.2 Å². The van der Waals surface area contributed by atoms with E-state index in [0.717, 1.165) is 0 Å². The smallest absolute Gasteiger partial charge is 0.161 e. The van der Waals surface area contributed by atoms with Crippen molar-refractivity contribution < 1.29 is 0 Å². The van der Waals surface area contributed by atoms with Crippen LogP contribution in [0.4, 0.5) is 0 Å². The summed E-state index contributed by atoms with van der Waals surface area (Å²) in [5.74, 6) is 0. The average molecular weight is 198 g/mol. The number of aromatic nitrogens is 4. The van der Waals surface area contributed by atoms with E-state index >= 15 is 0 Å². The number of aromatic amines is 1. The van der Waals surface area contributed by atoms with Gasteiger partial charge in [-0.25, -0.2) is 0 Å². The second-order valence-electron chi connectivity index (χ2n) is 2.36. The van der Waals surface area contributed by atoms with Gasteiger partial charge in [0.15, 0.2) is 6.33 Å². The number of rotatable bonds is 0. The van der Waals surface area contributed by atoms with Gasteiger partial charge in [0.2, 0.25) is 0 Å². The Morgan fingerprint density at radius 1 is 1.13 bits per heavy atom. The number of hydrogen-bond donors (Lipinski definition) is 1. The Balaban J connectivity index is 0.000000187. The van der Waals surface area contributed by atoms with Crippen LogP contribution < -0.4 is 0 Å². The largest absolute Gasteiger partial charge is 0.192 e. The Bertz CT molecular complexity index is 430. The quantitative estimate of drug-likeness (QED) is 0.668. The molecular weight excluding hydrogens is 192 g/mol. The molecule has 0 aliphatic rings. The van der Waals surface area contributed by atoms with Gasteiger partial charge in [0.05, 0.1) is 23.3 Å². The van der Waals surface area contributed by atoms with E-state index in [4.69, 9.17) is 10.5 Å². The van der Waals surface area contributed by atoms with Crippen molar-refractivity contribution in [2.45, 2.75) is 0 Å². The van der Waals surface area contributed by atoms with Gasteiger partial charge in [-0.2, -0.15) is 15.7 Å². The zero-order valence-corrected chi connectivity index (χ0v) is 7.62. The van der Waals surface area contributed by atoms with Gasteiger partial charge in [0, 0.05) is 0 Å². The standard InChI is InChI=1S/C8H4N2.CH2N4/c9-5-7-2-1-3-8(4-7)6-10;1-2-4-5-3-1/h1-4H;1H,(H,2,3,4,5). The van der Waals surface area contributed by atoms with Gasteiger partial charge in [0.25, 0.3) is 0 Å². The molecule has 15 heavy (non-hydrogen) atoms. The first-order valence-corrected chi connectivity index (χ1v) is 3.93. The van der Waals surface area contributed by atoms with E-state index in [1.807, 2.05) is 12.1 Å². The van der Waals surface area contributed by atoms with E-state index in [1.54, 1.807) is 24.3 Å². The molecule has 0 spiro atoms. The monoisotopic (exact) mass is 198 g/mol. The molecule has 1 aromatic carbocycles. The van der Waals surface area contributed by atoms with Gasteiger partial charge >= 0.3 is 0 Å². The highest BCUT2D eigenvalue weighted by Gasteiger charge is 1.90. The fraction of sp³-hybridized carbons (Fsp3) is 0. The summed E-state index contributed by atoms with van der Waals surface area (Å²) < 4.78 is 0. The molecule has 0 radical (unpaired) electrons. The molecule has 0 aliphatic heterocycles. The Hall–Kier alpha value is -2.73. The Labute approximate surface area is 85.8 Å². The van der Waals surface area contributed by atoms with E-state index in [2.05, 4.69) is 20.6 Å². The zero-order chi connectivity index (χ0) is 10.9. The van der Waals surface area contributed by atoms with Crippen LogP contribution in [0.3, 0.4) is 0 Å². The lowest BCUT2D eigenvalue weighted by atomic mass is 10.2. The van der Waals surface area contributed by atoms with Crippen LogP contribution in [0.2, 0.25) is 0 Å². The van der Waals surface area contributed by atoms with Crippen LogP contribution in [-0.4, -0.2) is 20.6 Å². The van der Waals surface area contributed by atoms with Crippen LogP contribution in [0.25, 0.3) is 0 Å². The molecule has 0 bridgehead atoms. The molecule has 0 fully saturated rings. The summed E-state index contributed by atoms with van der Waals surface area (Å²) in [6.07, 6.45) is 1.33. The minimum atomic E-state index is 0.527. The third kappa shape index (κ3) is 3.66. The van der Waals surface area contributed by atoms with Crippen LogP contribution in [0.15, 0.2) is 30.6 Å². The predicted molar refractivity (Wildman–Crippen MR) is 50.0 cm³/mol. The Kier molecular flexibility index (Phi) is 4.03. The molecule has 0 saturated carbocycles. The summed E-state index contributed by atoms with van der Waals surface area (Å²) in [6.45, 7) is 0. The molecule has 1 aromatic heterocycles. The van der Waals surface area contributed by atoms with Crippen molar-refractivity contribution in [3.05, 3.63) is 41.7 Å². The third-order valence-electron chi connectivity index (χ3n) is 1.39. The first kappa shape index (κ1) is 10.4. The Morgan fingerprint density at radius 2 is 1.80 bits per heavy atom.